The Morgan fingerprint density at radius 2 is 1.91 bits per heavy atom. The molecule has 23 heavy (non-hydrogen) atoms. The molecule has 0 saturated carbocycles. The maximum atomic E-state index is 4.16. The number of hydrogen-bond acceptors (Lipinski definition) is 3. The Bertz CT molecular complexity index is 571. The first-order chi connectivity index (χ1) is 11.3. The molecular weight excluding hydrogens is 284 g/mol. The van der Waals surface area contributed by atoms with Crippen LogP contribution in [0.5, 0.6) is 0 Å². The van der Waals surface area contributed by atoms with Crippen LogP contribution < -0.4 is 5.32 Å². The van der Waals surface area contributed by atoms with Crippen molar-refractivity contribution in [2.75, 3.05) is 19.6 Å². The minimum Gasteiger partial charge on any atom is -0.309 e. The number of imidazole rings is 1. The second-order valence-corrected chi connectivity index (χ2v) is 6.60. The van der Waals surface area contributed by atoms with Crippen molar-refractivity contribution in [2.45, 2.75) is 45.2 Å². The van der Waals surface area contributed by atoms with E-state index in [9.17, 15) is 0 Å². The number of para-hydroxylation sites is 1. The van der Waals surface area contributed by atoms with Crippen LogP contribution in [0.2, 0.25) is 0 Å². The van der Waals surface area contributed by atoms with E-state index in [1.807, 2.05) is 18.7 Å². The summed E-state index contributed by atoms with van der Waals surface area (Å²) in [6.45, 7) is 6.86. The van der Waals surface area contributed by atoms with Crippen LogP contribution in [0.15, 0.2) is 43.0 Å². The summed E-state index contributed by atoms with van der Waals surface area (Å²) in [5, 5.41) is 3.69. The molecule has 1 N–H and O–H groups in total. The van der Waals surface area contributed by atoms with Crippen LogP contribution in [-0.4, -0.2) is 40.1 Å². The largest absolute Gasteiger partial charge is 0.309 e. The second-order valence-electron chi connectivity index (χ2n) is 6.60. The topological polar surface area (TPSA) is 33.1 Å². The highest BCUT2D eigenvalue weighted by Crippen LogP contribution is 2.14. The summed E-state index contributed by atoms with van der Waals surface area (Å²) in [5.41, 5.74) is 2.52. The Morgan fingerprint density at radius 3 is 2.65 bits per heavy atom. The lowest BCUT2D eigenvalue weighted by Crippen LogP contribution is -2.39. The lowest BCUT2D eigenvalue weighted by molar-refractivity contribution is 0.255. The van der Waals surface area contributed by atoms with Gasteiger partial charge in [-0.05, 0) is 44.5 Å². The SMILES string of the molecule is C[C@H](CN1CCCCCC1)NCc1ccccc1-n1ccnc1. The molecule has 4 heteroatoms. The fourth-order valence-corrected chi connectivity index (χ4v) is 3.37. The van der Waals surface area contributed by atoms with E-state index in [2.05, 4.69) is 51.0 Å². The highest BCUT2D eigenvalue weighted by molar-refractivity contribution is 5.40. The van der Waals surface area contributed by atoms with Gasteiger partial charge in [-0.2, -0.15) is 0 Å². The van der Waals surface area contributed by atoms with E-state index < -0.39 is 0 Å². The van der Waals surface area contributed by atoms with E-state index in [1.165, 1.54) is 50.0 Å². The van der Waals surface area contributed by atoms with Gasteiger partial charge in [0.25, 0.3) is 0 Å². The number of likely N-dealkylation sites (tertiary alicyclic amines) is 1. The molecule has 1 aromatic carbocycles. The van der Waals surface area contributed by atoms with Crippen molar-refractivity contribution in [3.8, 4) is 5.69 Å². The summed E-state index contributed by atoms with van der Waals surface area (Å²) >= 11 is 0. The molecule has 1 fully saturated rings. The monoisotopic (exact) mass is 312 g/mol. The van der Waals surface area contributed by atoms with Crippen LogP contribution in [0.25, 0.3) is 5.69 Å². The third kappa shape index (κ3) is 4.66. The Balaban J connectivity index is 1.56. The lowest BCUT2D eigenvalue weighted by atomic mass is 10.1. The van der Waals surface area contributed by atoms with Crippen molar-refractivity contribution >= 4 is 0 Å². The highest BCUT2D eigenvalue weighted by Gasteiger charge is 2.13. The second kappa shape index (κ2) is 8.27. The zero-order valence-electron chi connectivity index (χ0n) is 14.1. The quantitative estimate of drug-likeness (QED) is 0.889. The third-order valence-corrected chi connectivity index (χ3v) is 4.65. The first kappa shape index (κ1) is 16.2. The number of nitrogens with one attached hydrogen (secondary N) is 1. The summed E-state index contributed by atoms with van der Waals surface area (Å²) < 4.78 is 2.08. The van der Waals surface area contributed by atoms with Gasteiger partial charge in [-0.1, -0.05) is 31.0 Å². The number of benzene rings is 1. The van der Waals surface area contributed by atoms with Crippen molar-refractivity contribution in [1.82, 2.24) is 19.8 Å². The molecule has 1 atom stereocenters. The molecule has 3 rings (SSSR count). The Labute approximate surface area is 139 Å². The van der Waals surface area contributed by atoms with Crippen LogP contribution in [-0.2, 0) is 6.54 Å². The molecule has 0 spiro atoms. The summed E-state index contributed by atoms with van der Waals surface area (Å²) in [6.07, 6.45) is 11.2. The summed E-state index contributed by atoms with van der Waals surface area (Å²) in [4.78, 5) is 6.77. The zero-order chi connectivity index (χ0) is 15.9. The first-order valence-electron chi connectivity index (χ1n) is 8.85. The Hall–Kier alpha value is -1.65. The number of nitrogens with zero attached hydrogens (tertiary/aromatic N) is 3. The predicted molar refractivity (Wildman–Crippen MR) is 94.8 cm³/mol. The van der Waals surface area contributed by atoms with Gasteiger partial charge in [0.1, 0.15) is 0 Å². The standard InChI is InChI=1S/C19H28N4/c1-17(15-22-11-6-2-3-7-12-22)21-14-18-8-4-5-9-19(18)23-13-10-20-16-23/h4-5,8-10,13,16-17,21H,2-3,6-7,11-12,14-15H2,1H3/t17-/m1/s1. The molecule has 0 bridgehead atoms. The normalized spacial score (nSPS) is 17.8. The molecule has 1 aliphatic rings. The van der Waals surface area contributed by atoms with Gasteiger partial charge in [0.15, 0.2) is 0 Å². The fourth-order valence-electron chi connectivity index (χ4n) is 3.37. The molecule has 124 valence electrons. The van der Waals surface area contributed by atoms with Crippen LogP contribution in [0.1, 0.15) is 38.2 Å². The Morgan fingerprint density at radius 1 is 1.13 bits per heavy atom. The number of aromatic nitrogens is 2. The van der Waals surface area contributed by atoms with Gasteiger partial charge < -0.3 is 14.8 Å². The molecule has 0 unspecified atom stereocenters. The van der Waals surface area contributed by atoms with Gasteiger partial charge >= 0.3 is 0 Å². The van der Waals surface area contributed by atoms with Gasteiger partial charge in [-0.3, -0.25) is 0 Å². The van der Waals surface area contributed by atoms with Crippen LogP contribution >= 0.6 is 0 Å². The van der Waals surface area contributed by atoms with Gasteiger partial charge in [-0.25, -0.2) is 4.98 Å². The third-order valence-electron chi connectivity index (χ3n) is 4.65. The number of hydrogen-bond donors (Lipinski definition) is 1. The van der Waals surface area contributed by atoms with E-state index in [-0.39, 0.29) is 0 Å². The van der Waals surface area contributed by atoms with Crippen molar-refractivity contribution in [1.29, 1.82) is 0 Å². The molecule has 2 aromatic rings. The van der Waals surface area contributed by atoms with Gasteiger partial charge in [-0.15, -0.1) is 0 Å². The maximum absolute atomic E-state index is 4.16. The molecule has 0 radical (unpaired) electrons. The molecule has 0 aliphatic carbocycles. The first-order valence-corrected chi connectivity index (χ1v) is 8.85. The molecule has 4 nitrogen and oxygen atoms in total. The summed E-state index contributed by atoms with van der Waals surface area (Å²) in [7, 11) is 0. The predicted octanol–water partition coefficient (Wildman–Crippen LogP) is 3.23. The molecule has 2 heterocycles. The summed E-state index contributed by atoms with van der Waals surface area (Å²) in [6, 6.07) is 9.04. The molecule has 1 aliphatic heterocycles. The Kier molecular flexibility index (Phi) is 5.83. The van der Waals surface area contributed by atoms with Crippen LogP contribution in [0.3, 0.4) is 0 Å². The van der Waals surface area contributed by atoms with E-state index in [1.54, 1.807) is 0 Å². The average molecular weight is 312 g/mol. The summed E-state index contributed by atoms with van der Waals surface area (Å²) in [5.74, 6) is 0. The van der Waals surface area contributed by atoms with Gasteiger partial charge in [0.2, 0.25) is 0 Å². The smallest absolute Gasteiger partial charge is 0.0991 e. The van der Waals surface area contributed by atoms with Crippen LogP contribution in [0.4, 0.5) is 0 Å². The van der Waals surface area contributed by atoms with Crippen molar-refractivity contribution in [2.24, 2.45) is 0 Å². The molecule has 0 amide bonds. The van der Waals surface area contributed by atoms with Gasteiger partial charge in [0, 0.05) is 31.5 Å². The minimum absolute atomic E-state index is 0.504. The van der Waals surface area contributed by atoms with E-state index in [0.29, 0.717) is 6.04 Å². The molecule has 1 saturated heterocycles. The zero-order valence-corrected chi connectivity index (χ0v) is 14.1. The average Bonchev–Trinajstić information content (AvgIpc) is 2.99. The van der Waals surface area contributed by atoms with Crippen LogP contribution in [0, 0.1) is 0 Å². The number of rotatable bonds is 6. The fraction of sp³-hybridized carbons (Fsp3) is 0.526. The van der Waals surface area contributed by atoms with Crippen molar-refractivity contribution in [3.05, 3.63) is 48.5 Å². The van der Waals surface area contributed by atoms with Gasteiger partial charge in [0.05, 0.1) is 12.0 Å². The van der Waals surface area contributed by atoms with E-state index >= 15 is 0 Å². The van der Waals surface area contributed by atoms with Crippen molar-refractivity contribution in [3.63, 3.8) is 0 Å². The van der Waals surface area contributed by atoms with E-state index in [0.717, 1.165) is 13.1 Å². The molecule has 1 aromatic heterocycles. The maximum Gasteiger partial charge on any atom is 0.0991 e. The molecular formula is C19H28N4. The van der Waals surface area contributed by atoms with Crippen molar-refractivity contribution < 1.29 is 0 Å². The van der Waals surface area contributed by atoms with E-state index in [4.69, 9.17) is 0 Å². The minimum atomic E-state index is 0.504. The highest BCUT2D eigenvalue weighted by atomic mass is 15.1. The lowest BCUT2D eigenvalue weighted by Gasteiger charge is -2.25.